The maximum absolute atomic E-state index is 14.1. The van der Waals surface area contributed by atoms with E-state index in [2.05, 4.69) is 22.4 Å². The summed E-state index contributed by atoms with van der Waals surface area (Å²) in [5.74, 6) is -0.146. The molecule has 2 aliphatic rings. The average molecular weight is 489 g/mol. The van der Waals surface area contributed by atoms with Crippen molar-refractivity contribution in [3.63, 3.8) is 0 Å². The van der Waals surface area contributed by atoms with Crippen molar-refractivity contribution in [1.29, 1.82) is 0 Å². The fourth-order valence-corrected chi connectivity index (χ4v) is 6.24. The van der Waals surface area contributed by atoms with Gasteiger partial charge in [-0.1, -0.05) is 37.5 Å². The number of hydrogen-bond donors (Lipinski definition) is 2. The van der Waals surface area contributed by atoms with E-state index in [0.717, 1.165) is 72.7 Å². The molecule has 2 amide bonds. The first kappa shape index (κ1) is 24.5. The van der Waals surface area contributed by atoms with Crippen molar-refractivity contribution < 1.29 is 14.0 Å². The Labute approximate surface area is 212 Å². The van der Waals surface area contributed by atoms with E-state index >= 15 is 0 Å². The Morgan fingerprint density at radius 1 is 1.14 bits per heavy atom. The lowest BCUT2D eigenvalue weighted by atomic mass is 9.76. The minimum atomic E-state index is -0.499. The first-order chi connectivity index (χ1) is 17.6. The van der Waals surface area contributed by atoms with Gasteiger partial charge in [-0.05, 0) is 62.8 Å². The second-order valence-corrected chi connectivity index (χ2v) is 10.3. The van der Waals surface area contributed by atoms with E-state index in [4.69, 9.17) is 10.2 Å². The molecule has 3 N–H and O–H groups in total. The molecule has 7 heteroatoms. The highest BCUT2D eigenvalue weighted by molar-refractivity contribution is 5.93. The Balaban J connectivity index is 1.42. The molecule has 5 rings (SSSR count). The minimum absolute atomic E-state index is 0.0178. The maximum Gasteiger partial charge on any atom is 0.234 e. The van der Waals surface area contributed by atoms with Crippen molar-refractivity contribution in [3.05, 3.63) is 54.6 Å². The van der Waals surface area contributed by atoms with Gasteiger partial charge in [0, 0.05) is 41.4 Å². The van der Waals surface area contributed by atoms with Gasteiger partial charge >= 0.3 is 0 Å². The van der Waals surface area contributed by atoms with Crippen molar-refractivity contribution in [2.45, 2.75) is 63.5 Å². The number of nitrogens with zero attached hydrogens (tertiary/aromatic N) is 2. The normalized spacial score (nSPS) is 20.5. The van der Waals surface area contributed by atoms with Gasteiger partial charge in [-0.2, -0.15) is 0 Å². The number of nitrogens with one attached hydrogen (secondary N) is 1. The highest BCUT2D eigenvalue weighted by Gasteiger charge is 2.39. The van der Waals surface area contributed by atoms with Crippen LogP contribution in [0.2, 0.25) is 0 Å². The van der Waals surface area contributed by atoms with Crippen LogP contribution in [0.5, 0.6) is 0 Å². The Hall–Kier alpha value is -3.19. The third-order valence-electron chi connectivity index (χ3n) is 8.19. The van der Waals surface area contributed by atoms with Gasteiger partial charge in [-0.25, -0.2) is 0 Å². The number of carbonyl (C=O) groups is 2. The summed E-state index contributed by atoms with van der Waals surface area (Å²) in [5, 5.41) is 4.09. The molecule has 1 aliphatic carbocycles. The van der Waals surface area contributed by atoms with Crippen LogP contribution >= 0.6 is 0 Å². The zero-order chi connectivity index (χ0) is 25.1. The van der Waals surface area contributed by atoms with E-state index in [1.165, 1.54) is 6.42 Å². The van der Waals surface area contributed by atoms with E-state index in [0.29, 0.717) is 12.3 Å². The maximum atomic E-state index is 14.1. The molecule has 3 atom stereocenters. The van der Waals surface area contributed by atoms with Gasteiger partial charge in [0.25, 0.3) is 0 Å². The summed E-state index contributed by atoms with van der Waals surface area (Å²) in [5.41, 5.74) is 9.55. The Morgan fingerprint density at radius 2 is 1.94 bits per heavy atom. The number of amides is 2. The molecular formula is C29H36N4O3. The molecule has 0 radical (unpaired) electrons. The van der Waals surface area contributed by atoms with Crippen LogP contribution in [0, 0.1) is 11.8 Å². The number of aromatic nitrogens is 1. The summed E-state index contributed by atoms with van der Waals surface area (Å²) in [6.07, 6.45) is 13.4. The summed E-state index contributed by atoms with van der Waals surface area (Å²) in [6.45, 7) is 0.729. The molecule has 3 heterocycles. The zero-order valence-electron chi connectivity index (χ0n) is 21.0. The number of carbonyl (C=O) groups excluding carboxylic acids is 2. The number of primary amides is 1. The van der Waals surface area contributed by atoms with Crippen LogP contribution < -0.4 is 11.1 Å². The monoisotopic (exact) mass is 488 g/mol. The van der Waals surface area contributed by atoms with Gasteiger partial charge in [-0.3, -0.25) is 14.6 Å². The van der Waals surface area contributed by atoms with Gasteiger partial charge < -0.3 is 20.4 Å². The largest absolute Gasteiger partial charge is 0.464 e. The van der Waals surface area contributed by atoms with Crippen LogP contribution in [0.25, 0.3) is 22.1 Å². The lowest BCUT2D eigenvalue weighted by Crippen LogP contribution is -2.46. The molecule has 1 saturated carbocycles. The number of pyridine rings is 1. The molecule has 2 fully saturated rings. The van der Waals surface area contributed by atoms with Crippen molar-refractivity contribution in [2.24, 2.45) is 17.6 Å². The second kappa shape index (κ2) is 10.8. The summed E-state index contributed by atoms with van der Waals surface area (Å²) in [6, 6.07) is 9.62. The van der Waals surface area contributed by atoms with Crippen molar-refractivity contribution >= 4 is 22.8 Å². The molecule has 7 nitrogen and oxygen atoms in total. The summed E-state index contributed by atoms with van der Waals surface area (Å²) >= 11 is 0. The molecule has 1 aromatic carbocycles. The van der Waals surface area contributed by atoms with Crippen LogP contribution in [0.3, 0.4) is 0 Å². The molecule has 3 aromatic rings. The van der Waals surface area contributed by atoms with Gasteiger partial charge in [0.1, 0.15) is 5.58 Å². The number of nitrogens with two attached hydrogens (primary N) is 1. The standard InChI is InChI=1S/C29H36N4O3/c1-31-25(28(30)34)15-23(19-8-3-2-4-9-19)29(35)33-13-7-11-26(33)21-14-20(16-32-17-21)24-18-36-27-12-6-5-10-22(24)27/h5-6,10,12,14,16-19,23,25-26,31H,2-4,7-9,11,13,15H2,1H3,(H2,30,34). The highest BCUT2D eigenvalue weighted by Crippen LogP contribution is 2.40. The number of para-hydroxylation sites is 1. The van der Waals surface area contributed by atoms with Crippen molar-refractivity contribution in [2.75, 3.05) is 13.6 Å². The molecular weight excluding hydrogens is 452 g/mol. The number of furan rings is 1. The molecule has 3 unspecified atom stereocenters. The average Bonchev–Trinajstić information content (AvgIpc) is 3.57. The third-order valence-corrected chi connectivity index (χ3v) is 8.19. The second-order valence-electron chi connectivity index (χ2n) is 10.3. The van der Waals surface area contributed by atoms with Gasteiger partial charge in [0.05, 0.1) is 18.3 Å². The number of rotatable bonds is 8. The SMILES string of the molecule is CNC(CC(C(=O)N1CCCC1c1cncc(-c2coc3ccccc23)c1)C1CCCCC1)C(N)=O. The van der Waals surface area contributed by atoms with Crippen molar-refractivity contribution in [1.82, 2.24) is 15.2 Å². The summed E-state index contributed by atoms with van der Waals surface area (Å²) in [4.78, 5) is 32.7. The predicted molar refractivity (Wildman–Crippen MR) is 140 cm³/mol. The molecule has 36 heavy (non-hydrogen) atoms. The van der Waals surface area contributed by atoms with Gasteiger partial charge in [0.15, 0.2) is 0 Å². The van der Waals surface area contributed by atoms with E-state index < -0.39 is 11.9 Å². The first-order valence-corrected chi connectivity index (χ1v) is 13.3. The number of fused-ring (bicyclic) bond motifs is 1. The van der Waals surface area contributed by atoms with Crippen LogP contribution in [0.4, 0.5) is 0 Å². The topological polar surface area (TPSA) is 101 Å². The summed E-state index contributed by atoms with van der Waals surface area (Å²) in [7, 11) is 1.74. The number of benzene rings is 1. The molecule has 2 aromatic heterocycles. The van der Waals surface area contributed by atoms with Crippen LogP contribution in [0.1, 0.15) is 63.0 Å². The molecule has 0 bridgehead atoms. The van der Waals surface area contributed by atoms with Crippen LogP contribution in [-0.4, -0.2) is 41.3 Å². The molecule has 1 saturated heterocycles. The lowest BCUT2D eigenvalue weighted by Gasteiger charge is -2.36. The third kappa shape index (κ3) is 4.89. The van der Waals surface area contributed by atoms with Crippen LogP contribution in [0.15, 0.2) is 53.4 Å². The number of likely N-dealkylation sites (tertiary alicyclic amines) is 1. The zero-order valence-corrected chi connectivity index (χ0v) is 21.0. The van der Waals surface area contributed by atoms with E-state index in [1.54, 1.807) is 13.3 Å². The van der Waals surface area contributed by atoms with Crippen molar-refractivity contribution in [3.8, 4) is 11.1 Å². The lowest BCUT2D eigenvalue weighted by molar-refractivity contribution is -0.139. The first-order valence-electron chi connectivity index (χ1n) is 13.3. The highest BCUT2D eigenvalue weighted by atomic mass is 16.3. The Morgan fingerprint density at radius 3 is 2.72 bits per heavy atom. The quantitative estimate of drug-likeness (QED) is 0.473. The fourth-order valence-electron chi connectivity index (χ4n) is 6.24. The Bertz CT molecular complexity index is 1220. The summed E-state index contributed by atoms with van der Waals surface area (Å²) < 4.78 is 5.76. The molecule has 1 aliphatic heterocycles. The van der Waals surface area contributed by atoms with E-state index in [9.17, 15) is 9.59 Å². The predicted octanol–water partition coefficient (Wildman–Crippen LogP) is 4.82. The van der Waals surface area contributed by atoms with Crippen LogP contribution in [-0.2, 0) is 9.59 Å². The smallest absolute Gasteiger partial charge is 0.234 e. The minimum Gasteiger partial charge on any atom is -0.464 e. The van der Waals surface area contributed by atoms with E-state index in [1.807, 2.05) is 35.5 Å². The van der Waals surface area contributed by atoms with E-state index in [-0.39, 0.29) is 17.9 Å². The number of likely N-dealkylation sites (N-methyl/N-ethyl adjacent to an activating group) is 1. The molecule has 190 valence electrons. The fraction of sp³-hybridized carbons (Fsp3) is 0.483. The van der Waals surface area contributed by atoms with Gasteiger partial charge in [-0.15, -0.1) is 0 Å². The Kier molecular flexibility index (Phi) is 7.37. The van der Waals surface area contributed by atoms with Gasteiger partial charge in [0.2, 0.25) is 11.8 Å². The molecule has 0 spiro atoms. The number of hydrogen-bond acceptors (Lipinski definition) is 5.